The van der Waals surface area contributed by atoms with Crippen molar-refractivity contribution >= 4 is 23.3 Å². The summed E-state index contributed by atoms with van der Waals surface area (Å²) in [6, 6.07) is 3.12. The van der Waals surface area contributed by atoms with Gasteiger partial charge in [-0.05, 0) is 31.4 Å². The molecule has 0 N–H and O–H groups in total. The average molecular weight is 280 g/mol. The Bertz CT molecular complexity index is 470. The van der Waals surface area contributed by atoms with Crippen LogP contribution < -0.4 is 0 Å². The topological polar surface area (TPSA) is 52.6 Å². The van der Waals surface area contributed by atoms with Crippen LogP contribution in [-0.2, 0) is 9.47 Å². The Morgan fingerprint density at radius 2 is 1.89 bits per heavy atom. The highest BCUT2D eigenvalue weighted by molar-refractivity contribution is 7.15. The Morgan fingerprint density at radius 3 is 2.53 bits per heavy atom. The Labute approximate surface area is 116 Å². The van der Waals surface area contributed by atoms with Crippen LogP contribution in [0.3, 0.4) is 0 Å². The molecule has 1 rings (SSSR count). The first kappa shape index (κ1) is 15.3. The summed E-state index contributed by atoms with van der Waals surface area (Å²) in [6.07, 6.45) is 8.56. The molecule has 0 aliphatic rings. The number of carbonyl (C=O) groups excluding carboxylic acids is 2. The molecule has 0 spiro atoms. The maximum absolute atomic E-state index is 11.7. The van der Waals surface area contributed by atoms with Crippen molar-refractivity contribution in [1.82, 2.24) is 0 Å². The second-order valence-corrected chi connectivity index (χ2v) is 4.89. The third-order valence-corrected chi connectivity index (χ3v) is 3.44. The number of methoxy groups -OCH3 is 1. The van der Waals surface area contributed by atoms with Crippen LogP contribution in [0.5, 0.6) is 0 Å². The summed E-state index contributed by atoms with van der Waals surface area (Å²) in [5, 5.41) is 0. The Kier molecular flexibility index (Phi) is 6.69. The maximum Gasteiger partial charge on any atom is 0.348 e. The number of hydrogen-bond acceptors (Lipinski definition) is 5. The van der Waals surface area contributed by atoms with E-state index in [0.29, 0.717) is 16.4 Å². The normalized spacial score (nSPS) is 9.68. The van der Waals surface area contributed by atoms with E-state index in [1.54, 1.807) is 12.1 Å². The van der Waals surface area contributed by atoms with Gasteiger partial charge in [0.15, 0.2) is 0 Å². The van der Waals surface area contributed by atoms with E-state index >= 15 is 0 Å². The molecule has 0 saturated carbocycles. The number of terminal acetylenes is 1. The number of rotatable bonds is 7. The molecule has 0 aliphatic carbocycles. The van der Waals surface area contributed by atoms with Crippen molar-refractivity contribution in [3.05, 3.63) is 21.9 Å². The lowest BCUT2D eigenvalue weighted by Crippen LogP contribution is -2.04. The van der Waals surface area contributed by atoms with E-state index in [2.05, 4.69) is 10.7 Å². The lowest BCUT2D eigenvalue weighted by atomic mass is 10.2. The van der Waals surface area contributed by atoms with Crippen molar-refractivity contribution in [3.8, 4) is 12.3 Å². The molecular weight excluding hydrogens is 264 g/mol. The van der Waals surface area contributed by atoms with Gasteiger partial charge in [-0.3, -0.25) is 0 Å². The first-order valence-corrected chi connectivity index (χ1v) is 6.79. The van der Waals surface area contributed by atoms with Crippen molar-refractivity contribution < 1.29 is 19.1 Å². The quantitative estimate of drug-likeness (QED) is 0.438. The summed E-state index contributed by atoms with van der Waals surface area (Å²) in [5.74, 6) is 1.71. The summed E-state index contributed by atoms with van der Waals surface area (Å²) in [4.78, 5) is 23.7. The predicted molar refractivity (Wildman–Crippen MR) is 73.2 cm³/mol. The molecule has 1 aromatic heterocycles. The Morgan fingerprint density at radius 1 is 1.21 bits per heavy atom. The highest BCUT2D eigenvalue weighted by atomic mass is 32.1. The summed E-state index contributed by atoms with van der Waals surface area (Å²) in [5.41, 5.74) is 0. The number of hydrogen-bond donors (Lipinski definition) is 0. The van der Waals surface area contributed by atoms with Gasteiger partial charge in [0.05, 0.1) is 13.7 Å². The number of carbonyl (C=O) groups is 2. The maximum atomic E-state index is 11.7. The van der Waals surface area contributed by atoms with Crippen molar-refractivity contribution in [3.63, 3.8) is 0 Å². The van der Waals surface area contributed by atoms with Gasteiger partial charge in [0, 0.05) is 6.42 Å². The van der Waals surface area contributed by atoms with E-state index in [-0.39, 0.29) is 0 Å². The molecular formula is C14H16O4S. The zero-order valence-corrected chi connectivity index (χ0v) is 11.6. The predicted octanol–water partition coefficient (Wildman–Crippen LogP) is 2.89. The van der Waals surface area contributed by atoms with Gasteiger partial charge in [-0.2, -0.15) is 0 Å². The van der Waals surface area contributed by atoms with Crippen LogP contribution in [0.2, 0.25) is 0 Å². The van der Waals surface area contributed by atoms with Gasteiger partial charge in [-0.25, -0.2) is 9.59 Å². The molecule has 0 unspecified atom stereocenters. The van der Waals surface area contributed by atoms with Crippen molar-refractivity contribution in [2.24, 2.45) is 0 Å². The van der Waals surface area contributed by atoms with Crippen LogP contribution in [0.25, 0.3) is 0 Å². The summed E-state index contributed by atoms with van der Waals surface area (Å²) in [7, 11) is 1.30. The zero-order chi connectivity index (χ0) is 14.1. The Hall–Kier alpha value is -1.80. The van der Waals surface area contributed by atoms with Gasteiger partial charge in [0.25, 0.3) is 0 Å². The van der Waals surface area contributed by atoms with Crippen LogP contribution in [0.4, 0.5) is 0 Å². The van der Waals surface area contributed by atoms with E-state index in [9.17, 15) is 9.59 Å². The van der Waals surface area contributed by atoms with Crippen LogP contribution >= 0.6 is 11.3 Å². The third-order valence-electron chi connectivity index (χ3n) is 2.39. The molecule has 0 aliphatic heterocycles. The monoisotopic (exact) mass is 280 g/mol. The number of unbranched alkanes of at least 4 members (excludes halogenated alkanes) is 3. The lowest BCUT2D eigenvalue weighted by molar-refractivity contribution is 0.0503. The minimum atomic E-state index is -0.446. The van der Waals surface area contributed by atoms with Gasteiger partial charge in [0.2, 0.25) is 0 Å². The van der Waals surface area contributed by atoms with Crippen LogP contribution in [-0.4, -0.2) is 25.7 Å². The minimum absolute atomic E-state index is 0.370. The van der Waals surface area contributed by atoms with E-state index in [0.717, 1.165) is 37.0 Å². The molecule has 0 amide bonds. The highest BCUT2D eigenvalue weighted by Crippen LogP contribution is 2.18. The fourth-order valence-electron chi connectivity index (χ4n) is 1.40. The molecule has 1 heterocycles. The van der Waals surface area contributed by atoms with E-state index in [1.165, 1.54) is 7.11 Å². The number of ether oxygens (including phenoxy) is 2. The molecule has 102 valence electrons. The second kappa shape index (κ2) is 8.33. The minimum Gasteiger partial charge on any atom is -0.465 e. The summed E-state index contributed by atoms with van der Waals surface area (Å²) in [6.45, 7) is 0.370. The smallest absolute Gasteiger partial charge is 0.348 e. The van der Waals surface area contributed by atoms with Crippen molar-refractivity contribution in [2.75, 3.05) is 13.7 Å². The molecule has 0 saturated heterocycles. The fourth-order valence-corrected chi connectivity index (χ4v) is 2.22. The number of esters is 2. The zero-order valence-electron chi connectivity index (χ0n) is 10.8. The van der Waals surface area contributed by atoms with Gasteiger partial charge < -0.3 is 9.47 Å². The molecule has 0 radical (unpaired) electrons. The first-order chi connectivity index (χ1) is 9.19. The van der Waals surface area contributed by atoms with Gasteiger partial charge in [-0.1, -0.05) is 0 Å². The van der Waals surface area contributed by atoms with E-state index < -0.39 is 11.9 Å². The SMILES string of the molecule is C#CCCCCCOC(=O)c1ccc(C(=O)OC)s1. The van der Waals surface area contributed by atoms with Crippen LogP contribution in [0.15, 0.2) is 12.1 Å². The van der Waals surface area contributed by atoms with E-state index in [4.69, 9.17) is 11.2 Å². The molecule has 0 atom stereocenters. The highest BCUT2D eigenvalue weighted by Gasteiger charge is 2.14. The molecule has 5 heteroatoms. The summed E-state index contributed by atoms with van der Waals surface area (Å²) < 4.78 is 9.67. The second-order valence-electron chi connectivity index (χ2n) is 3.81. The van der Waals surface area contributed by atoms with Crippen LogP contribution in [0.1, 0.15) is 45.0 Å². The average Bonchev–Trinajstić information content (AvgIpc) is 2.91. The Balaban J connectivity index is 2.32. The largest absolute Gasteiger partial charge is 0.465 e. The standard InChI is InChI=1S/C14H16O4S/c1-3-4-5-6-7-10-18-14(16)12-9-8-11(19-12)13(15)17-2/h1,8-9H,4-7,10H2,2H3. The first-order valence-electron chi connectivity index (χ1n) is 5.97. The third kappa shape index (κ3) is 5.14. The number of thiophene rings is 1. The molecule has 0 bridgehead atoms. The fraction of sp³-hybridized carbons (Fsp3) is 0.429. The van der Waals surface area contributed by atoms with Crippen molar-refractivity contribution in [1.29, 1.82) is 0 Å². The van der Waals surface area contributed by atoms with Crippen LogP contribution in [0, 0.1) is 12.3 Å². The molecule has 19 heavy (non-hydrogen) atoms. The lowest BCUT2D eigenvalue weighted by Gasteiger charge is -2.02. The summed E-state index contributed by atoms with van der Waals surface area (Å²) >= 11 is 1.07. The molecule has 0 aromatic carbocycles. The van der Waals surface area contributed by atoms with E-state index in [1.807, 2.05) is 0 Å². The van der Waals surface area contributed by atoms with Gasteiger partial charge in [0.1, 0.15) is 9.75 Å². The molecule has 0 fully saturated rings. The van der Waals surface area contributed by atoms with Gasteiger partial charge >= 0.3 is 11.9 Å². The molecule has 1 aromatic rings. The molecule has 4 nitrogen and oxygen atoms in total. The van der Waals surface area contributed by atoms with Crippen molar-refractivity contribution in [2.45, 2.75) is 25.7 Å². The van der Waals surface area contributed by atoms with Gasteiger partial charge in [-0.15, -0.1) is 23.7 Å².